The second-order valence-corrected chi connectivity index (χ2v) is 7.05. The number of aromatic nitrogens is 2. The summed E-state index contributed by atoms with van der Waals surface area (Å²) in [6.45, 7) is 2.29. The highest BCUT2D eigenvalue weighted by Gasteiger charge is 2.16. The molecule has 1 fully saturated rings. The maximum Gasteiger partial charge on any atom is 0.230 e. The van der Waals surface area contributed by atoms with Crippen molar-refractivity contribution < 1.29 is 9.18 Å². The first-order valence-electron chi connectivity index (χ1n) is 8.03. The third-order valence-electron chi connectivity index (χ3n) is 3.83. The zero-order valence-electron chi connectivity index (χ0n) is 13.5. The molecule has 0 bridgehead atoms. The summed E-state index contributed by atoms with van der Waals surface area (Å²) in [5.74, 6) is 0.575. The number of thioether (sulfide) groups is 1. The third-order valence-corrected chi connectivity index (χ3v) is 4.87. The molecule has 0 unspecified atom stereocenters. The number of nitrogens with one attached hydrogen (secondary N) is 1. The molecule has 8 heteroatoms. The molecule has 3 rings (SSSR count). The third kappa shape index (κ3) is 5.31. The van der Waals surface area contributed by atoms with Gasteiger partial charge in [-0.1, -0.05) is 35.5 Å². The lowest BCUT2D eigenvalue weighted by Gasteiger charge is -2.16. The predicted octanol–water partition coefficient (Wildman–Crippen LogP) is 3.28. The van der Waals surface area contributed by atoms with E-state index >= 15 is 0 Å². The van der Waals surface area contributed by atoms with E-state index in [1.807, 2.05) is 0 Å². The van der Waals surface area contributed by atoms with Gasteiger partial charge in [-0.25, -0.2) is 14.4 Å². The fraction of sp³-hybridized carbons (Fsp3) is 0.353. The SMILES string of the molecule is O=C(CSc1nc(Cl)cc(N2CCCC2)n1)NCc1ccc(F)cc1. The lowest BCUT2D eigenvalue weighted by atomic mass is 10.2. The molecule has 1 aliphatic heterocycles. The molecule has 0 spiro atoms. The minimum Gasteiger partial charge on any atom is -0.356 e. The van der Waals surface area contributed by atoms with Gasteiger partial charge in [-0.3, -0.25) is 4.79 Å². The number of amides is 1. The minimum atomic E-state index is -0.294. The maximum absolute atomic E-state index is 12.9. The summed E-state index contributed by atoms with van der Waals surface area (Å²) >= 11 is 7.32. The number of nitrogens with zero attached hydrogens (tertiary/aromatic N) is 3. The van der Waals surface area contributed by atoms with E-state index in [-0.39, 0.29) is 17.5 Å². The molecule has 0 atom stereocenters. The molecule has 0 saturated carbocycles. The van der Waals surface area contributed by atoms with Crippen LogP contribution in [0.15, 0.2) is 35.5 Å². The van der Waals surface area contributed by atoms with Gasteiger partial charge in [0.15, 0.2) is 5.16 Å². The quantitative estimate of drug-likeness (QED) is 0.473. The molecular formula is C17H18ClFN4OS. The van der Waals surface area contributed by atoms with Gasteiger partial charge in [0.25, 0.3) is 0 Å². The molecule has 0 radical (unpaired) electrons. The van der Waals surface area contributed by atoms with Crippen LogP contribution in [0.3, 0.4) is 0 Å². The van der Waals surface area contributed by atoms with Crippen molar-refractivity contribution in [3.05, 3.63) is 46.9 Å². The van der Waals surface area contributed by atoms with Gasteiger partial charge >= 0.3 is 0 Å². The molecule has 1 N–H and O–H groups in total. The molecule has 2 heterocycles. The van der Waals surface area contributed by atoms with Crippen LogP contribution in [0.4, 0.5) is 10.2 Å². The summed E-state index contributed by atoms with van der Waals surface area (Å²) in [4.78, 5) is 22.8. The molecule has 0 aliphatic carbocycles. The van der Waals surface area contributed by atoms with Crippen LogP contribution in [0.5, 0.6) is 0 Å². The van der Waals surface area contributed by atoms with Gasteiger partial charge in [-0.2, -0.15) is 0 Å². The molecular weight excluding hydrogens is 363 g/mol. The zero-order chi connectivity index (χ0) is 17.6. The van der Waals surface area contributed by atoms with Crippen molar-refractivity contribution in [1.29, 1.82) is 0 Å². The first-order chi connectivity index (χ1) is 12.1. The molecule has 1 saturated heterocycles. The van der Waals surface area contributed by atoms with E-state index in [2.05, 4.69) is 20.2 Å². The van der Waals surface area contributed by atoms with Crippen LogP contribution >= 0.6 is 23.4 Å². The Kier molecular flexibility index (Phi) is 6.09. The summed E-state index contributed by atoms with van der Waals surface area (Å²) in [5.41, 5.74) is 0.843. The average molecular weight is 381 g/mol. The second-order valence-electron chi connectivity index (χ2n) is 5.72. The summed E-state index contributed by atoms with van der Waals surface area (Å²) in [5, 5.41) is 3.66. The van der Waals surface area contributed by atoms with Crippen molar-refractivity contribution in [2.75, 3.05) is 23.7 Å². The highest BCUT2D eigenvalue weighted by atomic mass is 35.5. The lowest BCUT2D eigenvalue weighted by Crippen LogP contribution is -2.24. The number of hydrogen-bond acceptors (Lipinski definition) is 5. The number of rotatable bonds is 6. The molecule has 1 aromatic carbocycles. The summed E-state index contributed by atoms with van der Waals surface area (Å²) in [6, 6.07) is 7.79. The van der Waals surface area contributed by atoms with Crippen LogP contribution in [0.1, 0.15) is 18.4 Å². The zero-order valence-corrected chi connectivity index (χ0v) is 15.1. The lowest BCUT2D eigenvalue weighted by molar-refractivity contribution is -0.118. The number of anilines is 1. The Morgan fingerprint density at radius 3 is 2.68 bits per heavy atom. The largest absolute Gasteiger partial charge is 0.356 e. The van der Waals surface area contributed by atoms with E-state index in [0.29, 0.717) is 16.9 Å². The molecule has 2 aromatic rings. The normalized spacial score (nSPS) is 13.9. The van der Waals surface area contributed by atoms with Gasteiger partial charge in [-0.15, -0.1) is 0 Å². The van der Waals surface area contributed by atoms with Crippen LogP contribution in [0.2, 0.25) is 5.15 Å². The Labute approximate surface area is 155 Å². The molecule has 1 aromatic heterocycles. The van der Waals surface area contributed by atoms with Gasteiger partial charge in [0.2, 0.25) is 5.91 Å². The van der Waals surface area contributed by atoms with E-state index in [1.165, 1.54) is 23.9 Å². The Hall–Kier alpha value is -1.86. The van der Waals surface area contributed by atoms with Crippen LogP contribution in [0, 0.1) is 5.82 Å². The van der Waals surface area contributed by atoms with E-state index in [4.69, 9.17) is 11.6 Å². The Morgan fingerprint density at radius 2 is 1.96 bits per heavy atom. The monoisotopic (exact) mass is 380 g/mol. The van der Waals surface area contributed by atoms with E-state index in [1.54, 1.807) is 18.2 Å². The summed E-state index contributed by atoms with van der Waals surface area (Å²) < 4.78 is 12.9. The van der Waals surface area contributed by atoms with E-state index in [9.17, 15) is 9.18 Å². The van der Waals surface area contributed by atoms with Crippen molar-refractivity contribution in [3.63, 3.8) is 0 Å². The average Bonchev–Trinajstić information content (AvgIpc) is 3.14. The highest BCUT2D eigenvalue weighted by molar-refractivity contribution is 7.99. The molecule has 1 amide bonds. The Morgan fingerprint density at radius 1 is 1.24 bits per heavy atom. The van der Waals surface area contributed by atoms with Gasteiger partial charge in [0.1, 0.15) is 16.8 Å². The summed E-state index contributed by atoms with van der Waals surface area (Å²) in [6.07, 6.45) is 2.30. The Balaban J connectivity index is 1.52. The van der Waals surface area contributed by atoms with E-state index < -0.39 is 0 Å². The summed E-state index contributed by atoms with van der Waals surface area (Å²) in [7, 11) is 0. The van der Waals surface area contributed by atoms with Gasteiger partial charge in [0.05, 0.1) is 5.75 Å². The number of benzene rings is 1. The number of halogens is 2. The maximum atomic E-state index is 12.9. The number of carbonyl (C=O) groups excluding carboxylic acids is 1. The first-order valence-corrected chi connectivity index (χ1v) is 9.40. The van der Waals surface area contributed by atoms with Crippen LogP contribution < -0.4 is 10.2 Å². The Bertz CT molecular complexity index is 738. The van der Waals surface area contributed by atoms with Crippen LogP contribution in [0.25, 0.3) is 0 Å². The van der Waals surface area contributed by atoms with Gasteiger partial charge in [-0.05, 0) is 30.5 Å². The number of hydrogen-bond donors (Lipinski definition) is 1. The van der Waals surface area contributed by atoms with Crippen molar-refractivity contribution >= 4 is 35.1 Å². The minimum absolute atomic E-state index is 0.138. The van der Waals surface area contributed by atoms with Gasteiger partial charge in [0, 0.05) is 25.7 Å². The van der Waals surface area contributed by atoms with Crippen molar-refractivity contribution in [1.82, 2.24) is 15.3 Å². The predicted molar refractivity (Wildman–Crippen MR) is 97.5 cm³/mol. The number of carbonyl (C=O) groups is 1. The van der Waals surface area contributed by atoms with Crippen LogP contribution in [-0.4, -0.2) is 34.7 Å². The fourth-order valence-corrected chi connectivity index (χ4v) is 3.45. The second kappa shape index (κ2) is 8.49. The molecule has 132 valence electrons. The van der Waals surface area contributed by atoms with Crippen molar-refractivity contribution in [3.8, 4) is 0 Å². The van der Waals surface area contributed by atoms with Crippen molar-refractivity contribution in [2.45, 2.75) is 24.5 Å². The molecule has 1 aliphatic rings. The molecule has 25 heavy (non-hydrogen) atoms. The topological polar surface area (TPSA) is 58.1 Å². The van der Waals surface area contributed by atoms with Crippen molar-refractivity contribution in [2.24, 2.45) is 0 Å². The van der Waals surface area contributed by atoms with Crippen LogP contribution in [-0.2, 0) is 11.3 Å². The molecule has 5 nitrogen and oxygen atoms in total. The fourth-order valence-electron chi connectivity index (χ4n) is 2.54. The van der Waals surface area contributed by atoms with Gasteiger partial charge < -0.3 is 10.2 Å². The standard InChI is InChI=1S/C17H18ClFN4OS/c18-14-9-15(23-7-1-2-8-23)22-17(21-14)25-11-16(24)20-10-12-3-5-13(19)6-4-12/h3-6,9H,1-2,7-8,10-11H2,(H,20,24). The van der Waals surface area contributed by atoms with E-state index in [0.717, 1.165) is 37.3 Å². The smallest absolute Gasteiger partial charge is 0.230 e. The highest BCUT2D eigenvalue weighted by Crippen LogP contribution is 2.24. The first kappa shape index (κ1) is 17.9.